The van der Waals surface area contributed by atoms with E-state index >= 15 is 0 Å². The fraction of sp³-hybridized carbons (Fsp3) is 0.656. The van der Waals surface area contributed by atoms with E-state index in [0.717, 1.165) is 94.1 Å². The van der Waals surface area contributed by atoms with E-state index in [1.807, 2.05) is 91.0 Å². The van der Waals surface area contributed by atoms with E-state index in [1.165, 1.54) is 32.1 Å². The summed E-state index contributed by atoms with van der Waals surface area (Å²) in [7, 11) is -2.31. The van der Waals surface area contributed by atoms with Crippen LogP contribution in [0.15, 0.2) is 91.0 Å². The van der Waals surface area contributed by atoms with Crippen molar-refractivity contribution in [3.05, 3.63) is 96.6 Å². The van der Waals surface area contributed by atoms with Crippen molar-refractivity contribution < 1.29 is 52.3 Å². The molecule has 0 aromatic heterocycles. The van der Waals surface area contributed by atoms with Crippen LogP contribution in [0.25, 0.3) is 0 Å². The maximum atomic E-state index is 14.4. The molecule has 1 amide bonds. The molecule has 0 radical (unpaired) electrons. The summed E-state index contributed by atoms with van der Waals surface area (Å²) >= 11 is 0. The first kappa shape index (κ1) is 62.3. The molecule has 74 heavy (non-hydrogen) atoms. The summed E-state index contributed by atoms with van der Waals surface area (Å²) in [5, 5.41) is 15.1. The molecule has 4 rings (SSSR count). The maximum absolute atomic E-state index is 14.4. The minimum absolute atomic E-state index is 0.0466. The normalized spacial score (nSPS) is 18.3. The average Bonchev–Trinajstić information content (AvgIpc) is 3.38. The minimum Gasteiger partial charge on any atom is -0.494 e. The van der Waals surface area contributed by atoms with Crippen LogP contribution in [0.4, 0.5) is 0 Å². The first-order valence-corrected chi connectivity index (χ1v) is 31.3. The van der Waals surface area contributed by atoms with Gasteiger partial charge < -0.3 is 43.3 Å². The summed E-state index contributed by atoms with van der Waals surface area (Å²) in [5.41, 5.74) is 0.881. The van der Waals surface area contributed by atoms with E-state index in [-0.39, 0.29) is 43.5 Å². The number of carbonyl (C=O) groups is 3. The number of rotatable bonds is 39. The second-order valence-corrected chi connectivity index (χ2v) is 26.6. The first-order chi connectivity index (χ1) is 35.8. The van der Waals surface area contributed by atoms with Gasteiger partial charge >= 0.3 is 11.9 Å². The highest BCUT2D eigenvalue weighted by Crippen LogP contribution is 2.37. The monoisotopic (exact) mass is 1050 g/mol. The van der Waals surface area contributed by atoms with Gasteiger partial charge in [0.1, 0.15) is 35.9 Å². The summed E-state index contributed by atoms with van der Waals surface area (Å²) in [6, 6.07) is 28.1. The topological polar surface area (TPSA) is 148 Å². The van der Waals surface area contributed by atoms with Gasteiger partial charge in [0.15, 0.2) is 20.7 Å². The summed E-state index contributed by atoms with van der Waals surface area (Å²) in [6.45, 7) is 14.4. The van der Waals surface area contributed by atoms with Crippen LogP contribution in [0.1, 0.15) is 181 Å². The van der Waals surface area contributed by atoms with Crippen LogP contribution in [0.5, 0.6) is 11.5 Å². The summed E-state index contributed by atoms with van der Waals surface area (Å²) in [4.78, 5) is 41.5. The zero-order valence-corrected chi connectivity index (χ0v) is 47.2. The van der Waals surface area contributed by atoms with Crippen molar-refractivity contribution in [2.24, 2.45) is 0 Å². The Bertz CT molecular complexity index is 1930. The second kappa shape index (κ2) is 35.9. The van der Waals surface area contributed by atoms with Crippen molar-refractivity contribution in [2.75, 3.05) is 19.8 Å². The molecule has 1 aliphatic heterocycles. The van der Waals surface area contributed by atoms with E-state index in [4.69, 9.17) is 32.8 Å². The third-order valence-corrected chi connectivity index (χ3v) is 18.9. The van der Waals surface area contributed by atoms with Crippen LogP contribution in [-0.2, 0) is 44.4 Å². The number of benzene rings is 3. The van der Waals surface area contributed by atoms with E-state index < -0.39 is 56.9 Å². The quantitative estimate of drug-likeness (QED) is 0.0319. The Morgan fingerprint density at radius 2 is 1.14 bits per heavy atom. The number of unbranched alkanes of at least 4 members (excludes halogenated alkanes) is 16. The van der Waals surface area contributed by atoms with Crippen molar-refractivity contribution in [1.29, 1.82) is 0 Å². The lowest BCUT2D eigenvalue weighted by Gasteiger charge is -2.45. The van der Waals surface area contributed by atoms with Crippen molar-refractivity contribution in [1.82, 2.24) is 5.32 Å². The standard InChI is InChI=1S/C61H95NO11Si/c1-7-8-9-10-11-12-13-16-26-41-52(71-55(64)42-31-17-14-19-33-44-67-50-37-27-22-28-38-50)46-54(63)62-57-59(73-56(65)43-32-18-15-20-34-45-68-51-39-29-23-30-40-51)58(66)53(48-70-74(5,6)61(2,3)4)72-60(57)69-47-49-35-24-21-25-36-49/h21-25,27-30,35-40,52-53,57-60,66H,7-20,26,31-34,41-48H2,1-6H3,(H,62,63)/t52-,53+,57+,58+,59+,60+/m0/s1. The molecule has 0 saturated carbocycles. The number of esters is 2. The predicted molar refractivity (Wildman–Crippen MR) is 296 cm³/mol. The smallest absolute Gasteiger partial charge is 0.306 e. The van der Waals surface area contributed by atoms with Crippen LogP contribution >= 0.6 is 0 Å². The van der Waals surface area contributed by atoms with Crippen LogP contribution in [0, 0.1) is 0 Å². The Morgan fingerprint density at radius 3 is 1.68 bits per heavy atom. The highest BCUT2D eigenvalue weighted by Gasteiger charge is 2.50. The largest absolute Gasteiger partial charge is 0.494 e. The fourth-order valence-electron chi connectivity index (χ4n) is 8.76. The van der Waals surface area contributed by atoms with E-state index in [9.17, 15) is 19.5 Å². The van der Waals surface area contributed by atoms with Gasteiger partial charge in [-0.1, -0.05) is 184 Å². The van der Waals surface area contributed by atoms with Gasteiger partial charge in [-0.25, -0.2) is 0 Å². The zero-order valence-electron chi connectivity index (χ0n) is 46.2. The number of hydrogen-bond donors (Lipinski definition) is 2. The van der Waals surface area contributed by atoms with E-state index in [0.29, 0.717) is 32.5 Å². The highest BCUT2D eigenvalue weighted by atomic mass is 28.4. The maximum Gasteiger partial charge on any atom is 0.306 e. The van der Waals surface area contributed by atoms with Crippen LogP contribution in [0.3, 0.4) is 0 Å². The van der Waals surface area contributed by atoms with E-state index in [1.54, 1.807) is 0 Å². The van der Waals surface area contributed by atoms with Gasteiger partial charge in [-0.2, -0.15) is 0 Å². The van der Waals surface area contributed by atoms with Gasteiger partial charge in [-0.05, 0) is 86.5 Å². The molecular formula is C61H95NO11Si. The lowest BCUT2D eigenvalue weighted by Crippen LogP contribution is -2.66. The molecule has 12 nitrogen and oxygen atoms in total. The molecule has 414 valence electrons. The number of nitrogens with one attached hydrogen (secondary N) is 1. The second-order valence-electron chi connectivity index (χ2n) is 21.7. The molecule has 0 spiro atoms. The third kappa shape index (κ3) is 25.5. The van der Waals surface area contributed by atoms with E-state index in [2.05, 4.69) is 46.1 Å². The molecule has 2 N–H and O–H groups in total. The van der Waals surface area contributed by atoms with Crippen molar-refractivity contribution in [3.8, 4) is 11.5 Å². The Balaban J connectivity index is 1.43. The van der Waals surface area contributed by atoms with Crippen LogP contribution in [0.2, 0.25) is 18.1 Å². The third-order valence-electron chi connectivity index (χ3n) is 14.4. The molecular weight excluding hydrogens is 951 g/mol. The van der Waals surface area contributed by atoms with Gasteiger partial charge in [-0.15, -0.1) is 0 Å². The molecule has 1 heterocycles. The fourth-order valence-corrected chi connectivity index (χ4v) is 9.77. The SMILES string of the molecule is CCCCCCCCCCC[C@@H](CC(=O)N[C@H]1[C@H](OCc2ccccc2)O[C@H](CO[Si](C)(C)C(C)(C)C)[C@@H](O)[C@@H]1OC(=O)CCCCCCCOc1ccccc1)OC(=O)CCCCCCCOc1ccccc1. The molecule has 0 bridgehead atoms. The van der Waals surface area contributed by atoms with Crippen LogP contribution in [-0.4, -0.2) is 87.8 Å². The Kier molecular flexibility index (Phi) is 30.2. The lowest BCUT2D eigenvalue weighted by atomic mass is 9.96. The number of aliphatic hydroxyl groups is 1. The van der Waals surface area contributed by atoms with Gasteiger partial charge in [0, 0.05) is 12.8 Å². The number of hydrogen-bond acceptors (Lipinski definition) is 11. The van der Waals surface area contributed by atoms with Gasteiger partial charge in [0.05, 0.1) is 32.8 Å². The minimum atomic E-state index is -2.31. The lowest BCUT2D eigenvalue weighted by molar-refractivity contribution is -0.276. The molecule has 0 unspecified atom stereocenters. The van der Waals surface area contributed by atoms with Crippen molar-refractivity contribution >= 4 is 26.2 Å². The molecule has 3 aromatic carbocycles. The summed E-state index contributed by atoms with van der Waals surface area (Å²) in [5.74, 6) is 0.512. The average molecular weight is 1050 g/mol. The molecule has 3 aromatic rings. The number of para-hydroxylation sites is 2. The van der Waals surface area contributed by atoms with Crippen molar-refractivity contribution in [3.63, 3.8) is 0 Å². The Labute approximate surface area is 446 Å². The van der Waals surface area contributed by atoms with Crippen LogP contribution < -0.4 is 14.8 Å². The highest BCUT2D eigenvalue weighted by molar-refractivity contribution is 6.74. The first-order valence-electron chi connectivity index (χ1n) is 28.4. The number of ether oxygens (including phenoxy) is 6. The van der Waals surface area contributed by atoms with Gasteiger partial charge in [0.25, 0.3) is 0 Å². The molecule has 13 heteroatoms. The number of aliphatic hydroxyl groups excluding tert-OH is 1. The Morgan fingerprint density at radius 1 is 0.649 bits per heavy atom. The Hall–Kier alpha value is -4.27. The van der Waals surface area contributed by atoms with Gasteiger partial charge in [0.2, 0.25) is 5.91 Å². The zero-order chi connectivity index (χ0) is 53.3. The summed E-state index contributed by atoms with van der Waals surface area (Å²) < 4.78 is 43.6. The molecule has 6 atom stereocenters. The molecule has 1 aliphatic rings. The predicted octanol–water partition coefficient (Wildman–Crippen LogP) is 13.8. The summed E-state index contributed by atoms with van der Waals surface area (Å²) in [6.07, 6.45) is 14.6. The number of carbonyl (C=O) groups excluding carboxylic acids is 3. The molecule has 0 aliphatic carbocycles. The van der Waals surface area contributed by atoms with Gasteiger partial charge in [-0.3, -0.25) is 14.4 Å². The van der Waals surface area contributed by atoms with Crippen molar-refractivity contribution in [2.45, 2.75) is 237 Å². The number of amides is 1. The molecule has 1 saturated heterocycles. The molecule has 1 fully saturated rings.